The molecule has 3 heterocycles. The summed E-state index contributed by atoms with van der Waals surface area (Å²) in [6.45, 7) is 8.18. The fourth-order valence-electron chi connectivity index (χ4n) is 4.30. The Labute approximate surface area is 221 Å². The Balaban J connectivity index is 1.39. The van der Waals surface area contributed by atoms with Crippen LogP contribution in [0.4, 0.5) is 5.88 Å². The third-order valence-corrected chi connectivity index (χ3v) is 9.00. The van der Waals surface area contributed by atoms with Gasteiger partial charge in [0.2, 0.25) is 26.6 Å². The van der Waals surface area contributed by atoms with Gasteiger partial charge in [0.05, 0.1) is 9.77 Å². The standard InChI is InChI=1S/C28H29N3O4S2/c1-28(2,3)21-13-11-20(12-14-21)26(32)30-15-17-31(18-16-30)27-25(29-24(35-27)23-10-7-19-36-23)37(33,34)22-8-5-4-6-9-22/h4-14,19H,15-18H2,1-3H3. The zero-order valence-corrected chi connectivity index (χ0v) is 22.7. The summed E-state index contributed by atoms with van der Waals surface area (Å²) < 4.78 is 33.1. The van der Waals surface area contributed by atoms with E-state index >= 15 is 0 Å². The van der Waals surface area contributed by atoms with Crippen molar-refractivity contribution in [1.82, 2.24) is 9.88 Å². The van der Waals surface area contributed by atoms with Gasteiger partial charge in [-0.25, -0.2) is 8.42 Å². The second-order valence-corrected chi connectivity index (χ2v) is 12.8. The highest BCUT2D eigenvalue weighted by Gasteiger charge is 2.33. The summed E-state index contributed by atoms with van der Waals surface area (Å²) in [5.74, 6) is 0.458. The Morgan fingerprint density at radius 3 is 2.19 bits per heavy atom. The van der Waals surface area contributed by atoms with Crippen LogP contribution in [0.3, 0.4) is 0 Å². The Hall–Kier alpha value is -3.43. The predicted molar refractivity (Wildman–Crippen MR) is 145 cm³/mol. The van der Waals surface area contributed by atoms with Crippen molar-refractivity contribution in [1.29, 1.82) is 0 Å². The number of sulfone groups is 1. The lowest BCUT2D eigenvalue weighted by Gasteiger charge is -2.34. The first-order valence-corrected chi connectivity index (χ1v) is 14.5. The van der Waals surface area contributed by atoms with Crippen LogP contribution in [0.25, 0.3) is 10.8 Å². The molecular weight excluding hydrogens is 506 g/mol. The highest BCUT2D eigenvalue weighted by Crippen LogP contribution is 2.36. The second kappa shape index (κ2) is 9.79. The average Bonchev–Trinajstić information content (AvgIpc) is 3.59. The summed E-state index contributed by atoms with van der Waals surface area (Å²) >= 11 is 1.43. The SMILES string of the molecule is CC(C)(C)c1ccc(C(=O)N2CCN(c3oc(-c4cccs4)nc3S(=O)(=O)c3ccccc3)CC2)cc1. The number of oxazole rings is 1. The molecule has 0 atom stereocenters. The molecule has 7 nitrogen and oxygen atoms in total. The van der Waals surface area contributed by atoms with E-state index in [9.17, 15) is 13.2 Å². The van der Waals surface area contributed by atoms with Gasteiger partial charge in [-0.2, -0.15) is 4.98 Å². The molecule has 1 fully saturated rings. The van der Waals surface area contributed by atoms with Crippen molar-refractivity contribution in [3.63, 3.8) is 0 Å². The summed E-state index contributed by atoms with van der Waals surface area (Å²) in [6.07, 6.45) is 0. The number of aromatic nitrogens is 1. The minimum atomic E-state index is -3.90. The minimum Gasteiger partial charge on any atom is -0.418 e. The lowest BCUT2D eigenvalue weighted by atomic mass is 9.86. The van der Waals surface area contributed by atoms with Gasteiger partial charge in [0, 0.05) is 31.7 Å². The number of hydrogen-bond donors (Lipinski definition) is 0. The van der Waals surface area contributed by atoms with Crippen molar-refractivity contribution in [3.05, 3.63) is 83.2 Å². The van der Waals surface area contributed by atoms with Crippen LogP contribution in [-0.2, 0) is 15.3 Å². The molecule has 1 amide bonds. The van der Waals surface area contributed by atoms with Crippen LogP contribution < -0.4 is 4.90 Å². The van der Waals surface area contributed by atoms with Crippen molar-refractivity contribution < 1.29 is 17.6 Å². The van der Waals surface area contributed by atoms with Crippen LogP contribution in [0.15, 0.2) is 86.4 Å². The predicted octanol–water partition coefficient (Wildman–Crippen LogP) is 5.50. The Kier molecular flexibility index (Phi) is 6.68. The molecule has 0 unspecified atom stereocenters. The van der Waals surface area contributed by atoms with Gasteiger partial charge in [0.1, 0.15) is 0 Å². The number of piperazine rings is 1. The maximum absolute atomic E-state index is 13.5. The number of benzene rings is 2. The van der Waals surface area contributed by atoms with E-state index in [-0.39, 0.29) is 33.0 Å². The lowest BCUT2D eigenvalue weighted by molar-refractivity contribution is 0.0745. The molecule has 1 aliphatic heterocycles. The quantitative estimate of drug-likeness (QED) is 0.336. The molecule has 1 aliphatic rings. The van der Waals surface area contributed by atoms with Crippen LogP contribution in [0.2, 0.25) is 0 Å². The van der Waals surface area contributed by atoms with Crippen molar-refractivity contribution in [2.45, 2.75) is 36.1 Å². The minimum absolute atomic E-state index is 0.0179. The third-order valence-electron chi connectivity index (χ3n) is 6.47. The molecule has 9 heteroatoms. The fourth-order valence-corrected chi connectivity index (χ4v) is 6.29. The maximum atomic E-state index is 13.5. The molecular formula is C28H29N3O4S2. The number of rotatable bonds is 5. The molecule has 37 heavy (non-hydrogen) atoms. The first kappa shape index (κ1) is 25.2. The zero-order valence-electron chi connectivity index (χ0n) is 21.0. The molecule has 0 bridgehead atoms. The lowest BCUT2D eigenvalue weighted by Crippen LogP contribution is -2.49. The maximum Gasteiger partial charge on any atom is 0.253 e. The van der Waals surface area contributed by atoms with Crippen LogP contribution in [-0.4, -0.2) is 50.4 Å². The Morgan fingerprint density at radius 2 is 1.59 bits per heavy atom. The fraction of sp³-hybridized carbons (Fsp3) is 0.286. The molecule has 0 radical (unpaired) electrons. The van der Waals surface area contributed by atoms with Crippen molar-refractivity contribution in [2.24, 2.45) is 0 Å². The summed E-state index contributed by atoms with van der Waals surface area (Å²) in [5.41, 5.74) is 1.84. The normalized spacial score (nSPS) is 14.7. The largest absolute Gasteiger partial charge is 0.418 e. The number of carbonyl (C=O) groups is 1. The van der Waals surface area contributed by atoms with E-state index in [1.54, 1.807) is 35.2 Å². The average molecular weight is 536 g/mol. The van der Waals surface area contributed by atoms with E-state index in [0.717, 1.165) is 4.88 Å². The monoisotopic (exact) mass is 535 g/mol. The van der Waals surface area contributed by atoms with Crippen LogP contribution in [0.1, 0.15) is 36.7 Å². The first-order chi connectivity index (χ1) is 17.6. The second-order valence-electron chi connectivity index (χ2n) is 10.0. The van der Waals surface area contributed by atoms with E-state index in [1.165, 1.54) is 16.9 Å². The molecule has 0 N–H and O–H groups in total. The zero-order chi connectivity index (χ0) is 26.2. The number of hydrogen-bond acceptors (Lipinski definition) is 7. The van der Waals surface area contributed by atoms with Gasteiger partial charge < -0.3 is 14.2 Å². The topological polar surface area (TPSA) is 83.7 Å². The van der Waals surface area contributed by atoms with Crippen molar-refractivity contribution in [3.8, 4) is 10.8 Å². The smallest absolute Gasteiger partial charge is 0.253 e. The molecule has 0 saturated carbocycles. The van der Waals surface area contributed by atoms with Gasteiger partial charge in [-0.15, -0.1) is 11.3 Å². The summed E-state index contributed by atoms with van der Waals surface area (Å²) in [6, 6.07) is 19.7. The molecule has 192 valence electrons. The van der Waals surface area contributed by atoms with Gasteiger partial charge in [-0.1, -0.05) is 57.2 Å². The third kappa shape index (κ3) is 5.06. The van der Waals surface area contributed by atoms with E-state index in [1.807, 2.05) is 46.7 Å². The van der Waals surface area contributed by atoms with E-state index in [2.05, 4.69) is 25.8 Å². The number of amides is 1. The van der Waals surface area contributed by atoms with Gasteiger partial charge >= 0.3 is 0 Å². The number of thiophene rings is 1. The van der Waals surface area contributed by atoms with E-state index < -0.39 is 9.84 Å². The molecule has 4 aromatic rings. The van der Waals surface area contributed by atoms with Gasteiger partial charge in [0.15, 0.2) is 0 Å². The highest BCUT2D eigenvalue weighted by molar-refractivity contribution is 7.91. The van der Waals surface area contributed by atoms with Crippen LogP contribution in [0.5, 0.6) is 0 Å². The molecule has 0 aliphatic carbocycles. The van der Waals surface area contributed by atoms with Gasteiger partial charge in [-0.05, 0) is 46.7 Å². The Bertz CT molecular complexity index is 1480. The van der Waals surface area contributed by atoms with Crippen LogP contribution >= 0.6 is 11.3 Å². The summed E-state index contributed by atoms with van der Waals surface area (Å²) in [7, 11) is -3.90. The molecule has 2 aromatic heterocycles. The molecule has 5 rings (SSSR count). The van der Waals surface area contributed by atoms with Crippen molar-refractivity contribution >= 4 is 33.0 Å². The Morgan fingerprint density at radius 1 is 0.919 bits per heavy atom. The van der Waals surface area contributed by atoms with E-state index in [4.69, 9.17) is 4.42 Å². The van der Waals surface area contributed by atoms with Gasteiger partial charge in [0.25, 0.3) is 5.91 Å². The summed E-state index contributed by atoms with van der Waals surface area (Å²) in [4.78, 5) is 22.2. The van der Waals surface area contributed by atoms with Gasteiger partial charge in [-0.3, -0.25) is 4.79 Å². The molecule has 1 saturated heterocycles. The highest BCUT2D eigenvalue weighted by atomic mass is 32.2. The first-order valence-electron chi connectivity index (χ1n) is 12.1. The number of anilines is 1. The number of carbonyl (C=O) groups excluding carboxylic acids is 1. The van der Waals surface area contributed by atoms with Crippen molar-refractivity contribution in [2.75, 3.05) is 31.1 Å². The summed E-state index contributed by atoms with van der Waals surface area (Å²) in [5, 5.41) is 1.79. The van der Waals surface area contributed by atoms with Crippen LogP contribution in [0, 0.1) is 0 Å². The molecule has 0 spiro atoms. The number of nitrogens with zero attached hydrogens (tertiary/aromatic N) is 3. The van der Waals surface area contributed by atoms with E-state index in [0.29, 0.717) is 31.7 Å². The molecule has 2 aromatic carbocycles.